The maximum Gasteiger partial charge on any atom is 0.302 e. The van der Waals surface area contributed by atoms with E-state index in [4.69, 9.17) is 21.1 Å². The van der Waals surface area contributed by atoms with Gasteiger partial charge in [-0.2, -0.15) is 15.0 Å². The maximum absolute atomic E-state index is 12.5. The minimum Gasteiger partial charge on any atom is -0.418 e. The number of nitrogens with one attached hydrogen (secondary N) is 3. The molecule has 11 heteroatoms. The average Bonchev–Trinajstić information content (AvgIpc) is 3.17. The van der Waals surface area contributed by atoms with Gasteiger partial charge in [0.05, 0.1) is 23.5 Å². The van der Waals surface area contributed by atoms with Crippen LogP contribution in [-0.2, 0) is 6.42 Å². The third-order valence-corrected chi connectivity index (χ3v) is 4.12. The summed E-state index contributed by atoms with van der Waals surface area (Å²) in [6, 6.07) is 5.37. The van der Waals surface area contributed by atoms with Crippen LogP contribution >= 0.6 is 11.6 Å². The molecule has 0 aliphatic carbocycles. The van der Waals surface area contributed by atoms with Crippen LogP contribution in [0, 0.1) is 6.92 Å². The first-order valence-electron chi connectivity index (χ1n) is 8.89. The second-order valence-electron chi connectivity index (χ2n) is 5.94. The smallest absolute Gasteiger partial charge is 0.302 e. The minimum atomic E-state index is -0.489. The van der Waals surface area contributed by atoms with Crippen LogP contribution in [0.15, 0.2) is 28.8 Å². The summed E-state index contributed by atoms with van der Waals surface area (Å²) in [6.07, 6.45) is 1.87. The van der Waals surface area contributed by atoms with Crippen molar-refractivity contribution in [3.63, 3.8) is 0 Å². The molecule has 0 bridgehead atoms. The number of aryl methyl sites for hydroxylation is 2. The molecule has 0 radical (unpaired) electrons. The Morgan fingerprint density at radius 3 is 2.76 bits per heavy atom. The van der Waals surface area contributed by atoms with Crippen molar-refractivity contribution >= 4 is 41.1 Å². The number of aromatic nitrogens is 4. The topological polar surface area (TPSA) is 138 Å². The lowest BCUT2D eigenvalue weighted by Gasteiger charge is -2.08. The number of halogens is 1. The number of hydrogen-bond acceptors (Lipinski definition) is 9. The number of para-hydroxylation sites is 1. The molecule has 3 aromatic rings. The van der Waals surface area contributed by atoms with Gasteiger partial charge in [0.2, 0.25) is 17.7 Å². The Morgan fingerprint density at radius 1 is 1.24 bits per heavy atom. The number of aliphatic hydroxyl groups is 1. The standard InChI is InChI=1S/C18H20ClN7O3/c1-3-13-22-16(20-7-8-27)25-17(23-13)26-18-21-9-12(29-18)15(28)24-14-10(2)5-4-6-11(14)19/h4-6,9,27H,3,7-8H2,1-2H3,(H,24,28)(H2,20,21,22,23,25,26). The SMILES string of the molecule is CCc1nc(NCCO)nc(Nc2ncc(C(=O)Nc3c(C)cccc3Cl)o2)n1. The number of hydrogen-bond donors (Lipinski definition) is 4. The lowest BCUT2D eigenvalue weighted by atomic mass is 10.2. The van der Waals surface area contributed by atoms with Gasteiger partial charge in [-0.3, -0.25) is 10.1 Å². The number of carbonyl (C=O) groups is 1. The third kappa shape index (κ3) is 5.18. The molecule has 1 aromatic carbocycles. The Balaban J connectivity index is 1.74. The van der Waals surface area contributed by atoms with Crippen LogP contribution in [0.5, 0.6) is 0 Å². The zero-order valence-electron chi connectivity index (χ0n) is 15.9. The third-order valence-electron chi connectivity index (χ3n) is 3.80. The van der Waals surface area contributed by atoms with Crippen molar-refractivity contribution < 1.29 is 14.3 Å². The lowest BCUT2D eigenvalue weighted by Crippen LogP contribution is -2.12. The predicted octanol–water partition coefficient (Wildman–Crippen LogP) is 2.78. The predicted molar refractivity (Wildman–Crippen MR) is 109 cm³/mol. The van der Waals surface area contributed by atoms with Gasteiger partial charge < -0.3 is 20.2 Å². The quantitative estimate of drug-likeness (QED) is 0.435. The Kier molecular flexibility index (Phi) is 6.57. The summed E-state index contributed by atoms with van der Waals surface area (Å²) < 4.78 is 5.46. The molecule has 29 heavy (non-hydrogen) atoms. The van der Waals surface area contributed by atoms with Gasteiger partial charge in [-0.05, 0) is 18.6 Å². The number of amides is 1. The molecule has 152 valence electrons. The zero-order valence-corrected chi connectivity index (χ0v) is 16.6. The van der Waals surface area contributed by atoms with E-state index in [0.29, 0.717) is 35.4 Å². The molecule has 2 heterocycles. The molecule has 0 saturated carbocycles. The first kappa shape index (κ1) is 20.5. The summed E-state index contributed by atoms with van der Waals surface area (Å²) in [7, 11) is 0. The fraction of sp³-hybridized carbons (Fsp3) is 0.278. The first-order valence-corrected chi connectivity index (χ1v) is 9.27. The Labute approximate surface area is 171 Å². The fourth-order valence-corrected chi connectivity index (χ4v) is 2.65. The van der Waals surface area contributed by atoms with Gasteiger partial charge in [0.1, 0.15) is 5.82 Å². The second kappa shape index (κ2) is 9.30. The lowest BCUT2D eigenvalue weighted by molar-refractivity contribution is 0.0997. The largest absolute Gasteiger partial charge is 0.418 e. The van der Waals surface area contributed by atoms with Crippen molar-refractivity contribution in [1.82, 2.24) is 19.9 Å². The van der Waals surface area contributed by atoms with E-state index in [9.17, 15) is 4.79 Å². The number of carbonyl (C=O) groups excluding carboxylic acids is 1. The number of aliphatic hydroxyl groups excluding tert-OH is 1. The van der Waals surface area contributed by atoms with Crippen molar-refractivity contribution in [2.75, 3.05) is 29.1 Å². The Hall–Kier alpha value is -3.24. The van der Waals surface area contributed by atoms with Crippen molar-refractivity contribution in [3.8, 4) is 0 Å². The molecule has 0 aliphatic heterocycles. The highest BCUT2D eigenvalue weighted by Crippen LogP contribution is 2.26. The van der Waals surface area contributed by atoms with E-state index >= 15 is 0 Å². The number of nitrogens with zero attached hydrogens (tertiary/aromatic N) is 4. The van der Waals surface area contributed by atoms with E-state index in [0.717, 1.165) is 5.56 Å². The van der Waals surface area contributed by atoms with Crippen LogP contribution in [0.2, 0.25) is 5.02 Å². The molecule has 0 atom stereocenters. The van der Waals surface area contributed by atoms with E-state index in [2.05, 4.69) is 35.9 Å². The molecule has 0 spiro atoms. The summed E-state index contributed by atoms with van der Waals surface area (Å²) >= 11 is 6.14. The minimum absolute atomic E-state index is 0.00443. The average molecular weight is 418 g/mol. The Bertz CT molecular complexity index is 989. The molecular weight excluding hydrogens is 398 g/mol. The molecule has 0 aliphatic rings. The van der Waals surface area contributed by atoms with Crippen LogP contribution < -0.4 is 16.0 Å². The first-order chi connectivity index (χ1) is 14.0. The molecule has 1 amide bonds. The molecular formula is C18H20ClN7O3. The number of rotatable bonds is 8. The van der Waals surface area contributed by atoms with Gasteiger partial charge in [-0.15, -0.1) is 0 Å². The van der Waals surface area contributed by atoms with Gasteiger partial charge in [-0.1, -0.05) is 30.7 Å². The molecule has 0 fully saturated rings. The summed E-state index contributed by atoms with van der Waals surface area (Å²) in [5.74, 6) is 0.564. The molecule has 10 nitrogen and oxygen atoms in total. The summed E-state index contributed by atoms with van der Waals surface area (Å²) in [6.45, 7) is 3.99. The maximum atomic E-state index is 12.5. The fourth-order valence-electron chi connectivity index (χ4n) is 2.38. The van der Waals surface area contributed by atoms with Crippen molar-refractivity contribution in [3.05, 3.63) is 46.6 Å². The highest BCUT2D eigenvalue weighted by atomic mass is 35.5. The monoisotopic (exact) mass is 417 g/mol. The van der Waals surface area contributed by atoms with E-state index in [1.54, 1.807) is 12.1 Å². The van der Waals surface area contributed by atoms with Crippen LogP contribution in [0.25, 0.3) is 0 Å². The molecule has 4 N–H and O–H groups in total. The number of anilines is 4. The summed E-state index contributed by atoms with van der Waals surface area (Å²) in [4.78, 5) is 29.1. The van der Waals surface area contributed by atoms with E-state index in [-0.39, 0.29) is 24.3 Å². The van der Waals surface area contributed by atoms with Gasteiger partial charge in [0, 0.05) is 13.0 Å². The number of oxazole rings is 1. The van der Waals surface area contributed by atoms with E-state index in [1.165, 1.54) is 6.20 Å². The summed E-state index contributed by atoms with van der Waals surface area (Å²) in [5, 5.41) is 17.8. The van der Waals surface area contributed by atoms with Gasteiger partial charge in [0.15, 0.2) is 0 Å². The van der Waals surface area contributed by atoms with Crippen LogP contribution in [-0.4, -0.2) is 44.1 Å². The van der Waals surface area contributed by atoms with E-state index in [1.807, 2.05) is 19.9 Å². The van der Waals surface area contributed by atoms with Crippen molar-refractivity contribution in [2.45, 2.75) is 20.3 Å². The molecule has 2 aromatic heterocycles. The van der Waals surface area contributed by atoms with Crippen LogP contribution in [0.4, 0.5) is 23.6 Å². The normalized spacial score (nSPS) is 10.6. The van der Waals surface area contributed by atoms with Crippen LogP contribution in [0.3, 0.4) is 0 Å². The second-order valence-corrected chi connectivity index (χ2v) is 6.35. The van der Waals surface area contributed by atoms with E-state index < -0.39 is 5.91 Å². The highest BCUT2D eigenvalue weighted by molar-refractivity contribution is 6.34. The van der Waals surface area contributed by atoms with Gasteiger partial charge in [-0.25, -0.2) is 4.98 Å². The Morgan fingerprint density at radius 2 is 2.03 bits per heavy atom. The van der Waals surface area contributed by atoms with Crippen LogP contribution in [0.1, 0.15) is 28.9 Å². The van der Waals surface area contributed by atoms with Crippen molar-refractivity contribution in [1.29, 1.82) is 0 Å². The summed E-state index contributed by atoms with van der Waals surface area (Å²) in [5.41, 5.74) is 1.33. The molecule has 0 unspecified atom stereocenters. The van der Waals surface area contributed by atoms with Gasteiger partial charge in [0.25, 0.3) is 5.91 Å². The zero-order chi connectivity index (χ0) is 20.8. The van der Waals surface area contributed by atoms with Crippen molar-refractivity contribution in [2.24, 2.45) is 0 Å². The number of benzene rings is 1. The van der Waals surface area contributed by atoms with Gasteiger partial charge >= 0.3 is 6.01 Å². The molecule has 3 rings (SSSR count). The molecule has 0 saturated heterocycles. The highest BCUT2D eigenvalue weighted by Gasteiger charge is 2.16.